The zero-order chi connectivity index (χ0) is 18.8. The number of carbonyl (C=O) groups is 2. The first kappa shape index (κ1) is 19.1. The first-order valence-corrected chi connectivity index (χ1v) is 9.68. The minimum absolute atomic E-state index is 0.0375. The van der Waals surface area contributed by atoms with Gasteiger partial charge in [0.25, 0.3) is 0 Å². The van der Waals surface area contributed by atoms with Crippen LogP contribution in [0.2, 0.25) is 10.0 Å². The highest BCUT2D eigenvalue weighted by molar-refractivity contribution is 6.35. The van der Waals surface area contributed by atoms with E-state index in [9.17, 15) is 9.59 Å². The summed E-state index contributed by atoms with van der Waals surface area (Å²) in [5.74, 6) is -1.45. The molecule has 0 amide bonds. The maximum absolute atomic E-state index is 12.8. The molecular weight excluding hydrogens is 373 g/mol. The van der Waals surface area contributed by atoms with E-state index >= 15 is 0 Å². The number of rotatable bonds is 4. The van der Waals surface area contributed by atoms with E-state index in [1.54, 1.807) is 25.1 Å². The Balaban J connectivity index is 2.21. The third-order valence-corrected chi connectivity index (χ3v) is 5.47. The Labute approximate surface area is 163 Å². The number of esters is 1. The van der Waals surface area contributed by atoms with Crippen LogP contribution in [-0.2, 0) is 14.3 Å². The predicted molar refractivity (Wildman–Crippen MR) is 103 cm³/mol. The first-order valence-electron chi connectivity index (χ1n) is 8.93. The van der Waals surface area contributed by atoms with Crippen LogP contribution in [-0.4, -0.2) is 24.1 Å². The van der Waals surface area contributed by atoms with E-state index in [0.717, 1.165) is 29.8 Å². The summed E-state index contributed by atoms with van der Waals surface area (Å²) in [5, 5.41) is 0.954. The van der Waals surface area contributed by atoms with E-state index in [1.807, 2.05) is 6.92 Å². The summed E-state index contributed by atoms with van der Waals surface area (Å²) in [6, 6.07) is 5.17. The van der Waals surface area contributed by atoms with Crippen LogP contribution in [0.5, 0.6) is 0 Å². The summed E-state index contributed by atoms with van der Waals surface area (Å²) in [6.07, 6.45) is 2.59. The van der Waals surface area contributed by atoms with E-state index in [-0.39, 0.29) is 18.4 Å². The number of allylic oxidation sites excluding steroid dienone is 2. The van der Waals surface area contributed by atoms with Gasteiger partial charge in [0.15, 0.2) is 5.78 Å². The molecule has 6 heteroatoms. The van der Waals surface area contributed by atoms with Crippen molar-refractivity contribution in [3.8, 4) is 0 Å². The molecule has 1 aliphatic carbocycles. The van der Waals surface area contributed by atoms with Gasteiger partial charge in [-0.3, -0.25) is 14.6 Å². The normalized spacial score (nSPS) is 22.8. The Morgan fingerprint density at radius 1 is 1.27 bits per heavy atom. The molecule has 0 N–H and O–H groups in total. The van der Waals surface area contributed by atoms with Crippen LogP contribution < -0.4 is 0 Å². The maximum Gasteiger partial charge on any atom is 0.315 e. The fourth-order valence-corrected chi connectivity index (χ4v) is 4.34. The molecule has 3 rings (SSSR count). The van der Waals surface area contributed by atoms with Crippen molar-refractivity contribution in [1.29, 1.82) is 0 Å². The molecule has 2 aliphatic rings. The van der Waals surface area contributed by atoms with E-state index < -0.39 is 11.8 Å². The number of aliphatic imine (C=N–C) groups is 1. The summed E-state index contributed by atoms with van der Waals surface area (Å²) in [5.41, 5.74) is 2.86. The molecule has 0 aromatic heterocycles. The molecule has 0 saturated carbocycles. The van der Waals surface area contributed by atoms with Crippen LogP contribution in [0.15, 0.2) is 34.5 Å². The predicted octanol–water partition coefficient (Wildman–Crippen LogP) is 5.13. The lowest BCUT2D eigenvalue weighted by atomic mass is 9.71. The molecular formula is C20H21Cl2NO3. The molecule has 2 atom stereocenters. The van der Waals surface area contributed by atoms with Gasteiger partial charge in [0.1, 0.15) is 5.92 Å². The zero-order valence-corrected chi connectivity index (χ0v) is 16.4. The third kappa shape index (κ3) is 3.45. The molecule has 138 valence electrons. The fourth-order valence-electron chi connectivity index (χ4n) is 3.81. The monoisotopic (exact) mass is 393 g/mol. The molecule has 0 fully saturated rings. The van der Waals surface area contributed by atoms with Crippen LogP contribution >= 0.6 is 23.2 Å². The van der Waals surface area contributed by atoms with Gasteiger partial charge in [-0.1, -0.05) is 36.2 Å². The zero-order valence-electron chi connectivity index (χ0n) is 14.9. The van der Waals surface area contributed by atoms with Crippen LogP contribution in [0.1, 0.15) is 51.0 Å². The van der Waals surface area contributed by atoms with E-state index in [4.69, 9.17) is 27.9 Å². The van der Waals surface area contributed by atoms with Gasteiger partial charge < -0.3 is 4.74 Å². The average Bonchev–Trinajstić information content (AvgIpc) is 2.60. The Kier molecular flexibility index (Phi) is 5.83. The molecule has 1 aromatic rings. The van der Waals surface area contributed by atoms with Crippen molar-refractivity contribution in [2.45, 2.75) is 45.4 Å². The van der Waals surface area contributed by atoms with Crippen molar-refractivity contribution in [2.75, 3.05) is 6.61 Å². The molecule has 1 unspecified atom stereocenters. The number of nitrogens with zero attached hydrogens (tertiary/aromatic N) is 1. The van der Waals surface area contributed by atoms with Gasteiger partial charge in [0.2, 0.25) is 0 Å². The fraction of sp³-hybridized carbons (Fsp3) is 0.450. The maximum atomic E-state index is 12.8. The summed E-state index contributed by atoms with van der Waals surface area (Å²) in [4.78, 5) is 30.3. The highest BCUT2D eigenvalue weighted by Gasteiger charge is 2.44. The van der Waals surface area contributed by atoms with Crippen molar-refractivity contribution in [3.63, 3.8) is 0 Å². The van der Waals surface area contributed by atoms with E-state index in [2.05, 4.69) is 4.99 Å². The number of carbonyl (C=O) groups excluding carboxylic acids is 2. The van der Waals surface area contributed by atoms with Crippen molar-refractivity contribution >= 4 is 40.7 Å². The average molecular weight is 394 g/mol. The second-order valence-electron chi connectivity index (χ2n) is 6.47. The third-order valence-electron chi connectivity index (χ3n) is 4.91. The summed E-state index contributed by atoms with van der Waals surface area (Å²) in [6.45, 7) is 4.00. The van der Waals surface area contributed by atoms with Crippen LogP contribution in [0.3, 0.4) is 0 Å². The number of hydrogen-bond donors (Lipinski definition) is 0. The van der Waals surface area contributed by atoms with Gasteiger partial charge in [-0.05, 0) is 43.9 Å². The largest absolute Gasteiger partial charge is 0.465 e. The van der Waals surface area contributed by atoms with Crippen molar-refractivity contribution in [2.24, 2.45) is 10.9 Å². The second-order valence-corrected chi connectivity index (χ2v) is 7.31. The van der Waals surface area contributed by atoms with Crippen LogP contribution in [0, 0.1) is 5.92 Å². The van der Waals surface area contributed by atoms with Gasteiger partial charge in [-0.2, -0.15) is 0 Å². The standard InChI is InChI=1S/C20H21Cl2NO3/c1-3-14-19(20(25)26-4-2)17(12-9-8-11(21)10-13(12)22)18-15(23-14)6-5-7-16(18)24/h8-10,17,19H,3-7H2,1-2H3/t17-,19?/m0/s1. The summed E-state index contributed by atoms with van der Waals surface area (Å²) >= 11 is 12.5. The number of benzene rings is 1. The molecule has 0 spiro atoms. The van der Waals surface area contributed by atoms with E-state index in [1.165, 1.54) is 0 Å². The van der Waals surface area contributed by atoms with Crippen LogP contribution in [0.25, 0.3) is 0 Å². The van der Waals surface area contributed by atoms with E-state index in [0.29, 0.717) is 28.5 Å². The minimum atomic E-state index is -0.639. The van der Waals surface area contributed by atoms with Crippen LogP contribution in [0.4, 0.5) is 0 Å². The molecule has 4 nitrogen and oxygen atoms in total. The number of ketones is 1. The number of halogens is 2. The van der Waals surface area contributed by atoms with Gasteiger partial charge >= 0.3 is 5.97 Å². The van der Waals surface area contributed by atoms with Gasteiger partial charge in [0, 0.05) is 39.4 Å². The smallest absolute Gasteiger partial charge is 0.315 e. The highest BCUT2D eigenvalue weighted by Crippen LogP contribution is 2.46. The SMILES string of the molecule is CCOC(=O)C1C(CC)=NC2=C(C(=O)CCC2)[C@@H]1c1ccc(Cl)cc1Cl. The van der Waals surface area contributed by atoms with Gasteiger partial charge in [-0.25, -0.2) is 0 Å². The number of Topliss-reactive ketones (excluding diaryl/α,β-unsaturated/α-hetero) is 1. The molecule has 1 aromatic carbocycles. The number of ether oxygens (including phenoxy) is 1. The molecule has 0 radical (unpaired) electrons. The Hall–Kier alpha value is -1.65. The van der Waals surface area contributed by atoms with Crippen molar-refractivity contribution < 1.29 is 14.3 Å². The second kappa shape index (κ2) is 7.93. The minimum Gasteiger partial charge on any atom is -0.465 e. The quantitative estimate of drug-likeness (QED) is 0.666. The van der Waals surface area contributed by atoms with Crippen molar-refractivity contribution in [3.05, 3.63) is 45.1 Å². The summed E-state index contributed by atoms with van der Waals surface area (Å²) in [7, 11) is 0. The molecule has 0 saturated heterocycles. The molecule has 0 bridgehead atoms. The first-order chi connectivity index (χ1) is 12.5. The Bertz CT molecular complexity index is 813. The topological polar surface area (TPSA) is 55.7 Å². The Morgan fingerprint density at radius 3 is 2.69 bits per heavy atom. The summed E-state index contributed by atoms with van der Waals surface area (Å²) < 4.78 is 5.32. The number of hydrogen-bond acceptors (Lipinski definition) is 4. The highest BCUT2D eigenvalue weighted by atomic mass is 35.5. The molecule has 1 aliphatic heterocycles. The molecule has 1 heterocycles. The lowest BCUT2D eigenvalue weighted by Crippen LogP contribution is -2.38. The van der Waals surface area contributed by atoms with Gasteiger partial charge in [-0.15, -0.1) is 0 Å². The lowest BCUT2D eigenvalue weighted by molar-refractivity contribution is -0.146. The Morgan fingerprint density at radius 2 is 2.04 bits per heavy atom. The van der Waals surface area contributed by atoms with Gasteiger partial charge in [0.05, 0.1) is 6.61 Å². The lowest BCUT2D eigenvalue weighted by Gasteiger charge is -2.35. The van der Waals surface area contributed by atoms with Crippen molar-refractivity contribution in [1.82, 2.24) is 0 Å². The molecule has 26 heavy (non-hydrogen) atoms.